The van der Waals surface area contributed by atoms with Gasteiger partial charge in [-0.1, -0.05) is 0 Å². The molecule has 118 valence electrons. The van der Waals surface area contributed by atoms with Crippen LogP contribution in [0.3, 0.4) is 0 Å². The van der Waals surface area contributed by atoms with Gasteiger partial charge in [-0.15, -0.1) is 11.3 Å². The molecule has 3 N–H and O–H groups in total. The normalized spacial score (nSPS) is 15.3. The van der Waals surface area contributed by atoms with Crippen molar-refractivity contribution in [1.29, 1.82) is 0 Å². The molecule has 21 heavy (non-hydrogen) atoms. The van der Waals surface area contributed by atoms with Gasteiger partial charge in [0.1, 0.15) is 15.6 Å². The Balaban J connectivity index is 2.36. The second-order valence-electron chi connectivity index (χ2n) is 5.55. The fourth-order valence-corrected chi connectivity index (χ4v) is 3.60. The molecule has 0 radical (unpaired) electrons. The van der Waals surface area contributed by atoms with Crippen molar-refractivity contribution in [2.24, 2.45) is 0 Å². The Bertz CT molecular complexity index is 493. The number of anilines is 2. The molecule has 0 aliphatic carbocycles. The number of nitrogens with one attached hydrogen (secondary N) is 1. The first-order chi connectivity index (χ1) is 10.0. The number of carbonyl (C=O) groups excluding carboxylic acids is 1. The number of amides is 1. The third kappa shape index (κ3) is 3.61. The van der Waals surface area contributed by atoms with E-state index in [0.29, 0.717) is 22.9 Å². The summed E-state index contributed by atoms with van der Waals surface area (Å²) in [4.78, 5) is 15.0. The van der Waals surface area contributed by atoms with E-state index in [0.717, 1.165) is 18.1 Å². The number of hydrogen-bond acceptors (Lipinski definition) is 5. The van der Waals surface area contributed by atoms with Crippen molar-refractivity contribution in [1.82, 2.24) is 5.32 Å². The van der Waals surface area contributed by atoms with Gasteiger partial charge in [0.05, 0.1) is 6.10 Å². The maximum atomic E-state index is 12.1. The number of carbonyl (C=O) groups is 1. The van der Waals surface area contributed by atoms with Gasteiger partial charge in [0.15, 0.2) is 5.75 Å². The zero-order chi connectivity index (χ0) is 15.4. The summed E-state index contributed by atoms with van der Waals surface area (Å²) in [5.41, 5.74) is 6.66. The average Bonchev–Trinajstić information content (AvgIpc) is 2.77. The topological polar surface area (TPSA) is 67.6 Å². The lowest BCUT2D eigenvalue weighted by Gasteiger charge is -2.28. The summed E-state index contributed by atoms with van der Waals surface area (Å²) in [6.45, 7) is 8.45. The molecule has 1 aromatic heterocycles. The van der Waals surface area contributed by atoms with Gasteiger partial charge in [-0.2, -0.15) is 0 Å². The van der Waals surface area contributed by atoms with Crippen LogP contribution in [0.15, 0.2) is 0 Å². The molecule has 0 bridgehead atoms. The molecule has 0 spiro atoms. The van der Waals surface area contributed by atoms with Crippen LogP contribution in [0, 0.1) is 0 Å². The molecular formula is C15H25N3O2S. The molecule has 1 aromatic rings. The van der Waals surface area contributed by atoms with E-state index in [1.165, 1.54) is 30.6 Å². The first kappa shape index (κ1) is 15.9. The third-order valence-electron chi connectivity index (χ3n) is 3.42. The highest BCUT2D eigenvalue weighted by Crippen LogP contribution is 2.46. The smallest absolute Gasteiger partial charge is 0.263 e. The number of ether oxygens (including phenoxy) is 1. The second-order valence-corrected chi connectivity index (χ2v) is 6.55. The highest BCUT2D eigenvalue weighted by atomic mass is 32.1. The Labute approximate surface area is 130 Å². The van der Waals surface area contributed by atoms with Gasteiger partial charge in [-0.25, -0.2) is 0 Å². The first-order valence-corrected chi connectivity index (χ1v) is 8.48. The van der Waals surface area contributed by atoms with E-state index in [-0.39, 0.29) is 12.0 Å². The van der Waals surface area contributed by atoms with Crippen LogP contribution in [0.1, 0.15) is 49.7 Å². The second kappa shape index (κ2) is 7.02. The highest BCUT2D eigenvalue weighted by molar-refractivity contribution is 7.19. The summed E-state index contributed by atoms with van der Waals surface area (Å²) in [6, 6.07) is 0. The Kier molecular flexibility index (Phi) is 5.33. The minimum absolute atomic E-state index is 0.0347. The fourth-order valence-electron chi connectivity index (χ4n) is 2.48. The van der Waals surface area contributed by atoms with Crippen LogP contribution >= 0.6 is 11.3 Å². The molecule has 1 fully saturated rings. The van der Waals surface area contributed by atoms with E-state index in [9.17, 15) is 4.79 Å². The van der Waals surface area contributed by atoms with Gasteiger partial charge in [0, 0.05) is 19.6 Å². The van der Waals surface area contributed by atoms with Gasteiger partial charge in [-0.3, -0.25) is 4.79 Å². The van der Waals surface area contributed by atoms with E-state index in [2.05, 4.69) is 10.2 Å². The lowest BCUT2D eigenvalue weighted by atomic mass is 10.1. The molecule has 5 nitrogen and oxygen atoms in total. The van der Waals surface area contributed by atoms with E-state index >= 15 is 0 Å². The van der Waals surface area contributed by atoms with E-state index in [4.69, 9.17) is 10.5 Å². The zero-order valence-corrected chi connectivity index (χ0v) is 13.9. The summed E-state index contributed by atoms with van der Waals surface area (Å²) in [7, 11) is 0. The van der Waals surface area contributed by atoms with Crippen molar-refractivity contribution in [2.75, 3.05) is 30.3 Å². The van der Waals surface area contributed by atoms with Gasteiger partial charge in [-0.05, 0) is 40.0 Å². The van der Waals surface area contributed by atoms with Gasteiger partial charge in [0.25, 0.3) is 5.91 Å². The van der Waals surface area contributed by atoms with Gasteiger partial charge < -0.3 is 20.7 Å². The number of nitrogen functional groups attached to an aromatic ring is 1. The van der Waals surface area contributed by atoms with Crippen molar-refractivity contribution in [2.45, 2.75) is 46.1 Å². The molecule has 1 aliphatic heterocycles. The molecule has 2 heterocycles. The fraction of sp³-hybridized carbons (Fsp3) is 0.667. The minimum Gasteiger partial charge on any atom is -0.486 e. The molecule has 0 unspecified atom stereocenters. The van der Waals surface area contributed by atoms with Crippen LogP contribution in [0.2, 0.25) is 0 Å². The van der Waals surface area contributed by atoms with E-state index in [1.807, 2.05) is 20.8 Å². The molecule has 0 saturated carbocycles. The summed E-state index contributed by atoms with van der Waals surface area (Å²) >= 11 is 1.45. The van der Waals surface area contributed by atoms with Crippen LogP contribution in [0.4, 0.5) is 10.7 Å². The molecule has 2 rings (SSSR count). The number of piperidine rings is 1. The third-order valence-corrected chi connectivity index (χ3v) is 4.67. The highest BCUT2D eigenvalue weighted by Gasteiger charge is 2.26. The van der Waals surface area contributed by atoms with Gasteiger partial charge >= 0.3 is 0 Å². The van der Waals surface area contributed by atoms with Crippen LogP contribution in [-0.4, -0.2) is 31.6 Å². The largest absolute Gasteiger partial charge is 0.486 e. The predicted molar refractivity (Wildman–Crippen MR) is 88.6 cm³/mol. The monoisotopic (exact) mass is 311 g/mol. The van der Waals surface area contributed by atoms with Crippen LogP contribution in [0.25, 0.3) is 0 Å². The lowest BCUT2D eigenvalue weighted by molar-refractivity contribution is 0.0960. The van der Waals surface area contributed by atoms with Crippen LogP contribution in [0.5, 0.6) is 5.75 Å². The van der Waals surface area contributed by atoms with Crippen LogP contribution in [-0.2, 0) is 0 Å². The molecule has 1 saturated heterocycles. The summed E-state index contributed by atoms with van der Waals surface area (Å²) in [6.07, 6.45) is 3.65. The summed E-state index contributed by atoms with van der Waals surface area (Å²) in [5, 5.41) is 3.82. The minimum atomic E-state index is -0.114. The van der Waals surface area contributed by atoms with Gasteiger partial charge in [0.2, 0.25) is 0 Å². The number of nitrogens with zero attached hydrogens (tertiary/aromatic N) is 1. The molecule has 1 amide bonds. The SMILES string of the molecule is CCNC(=O)c1sc(N2CCCCC2)c(OC(C)C)c1N. The van der Waals surface area contributed by atoms with E-state index in [1.54, 1.807) is 0 Å². The van der Waals surface area contributed by atoms with Crippen molar-refractivity contribution in [3.8, 4) is 5.75 Å². The molecular weight excluding hydrogens is 286 g/mol. The first-order valence-electron chi connectivity index (χ1n) is 7.66. The molecule has 0 aromatic carbocycles. The van der Waals surface area contributed by atoms with Crippen molar-refractivity contribution >= 4 is 27.9 Å². The summed E-state index contributed by atoms with van der Waals surface area (Å²) < 4.78 is 5.90. The maximum absolute atomic E-state index is 12.1. The van der Waals surface area contributed by atoms with Crippen molar-refractivity contribution in [3.63, 3.8) is 0 Å². The number of nitrogens with two attached hydrogens (primary N) is 1. The Morgan fingerprint density at radius 2 is 2.05 bits per heavy atom. The summed E-state index contributed by atoms with van der Waals surface area (Å²) in [5.74, 6) is 0.565. The van der Waals surface area contributed by atoms with Crippen molar-refractivity contribution < 1.29 is 9.53 Å². The van der Waals surface area contributed by atoms with E-state index < -0.39 is 0 Å². The predicted octanol–water partition coefficient (Wildman–Crippen LogP) is 2.86. The Morgan fingerprint density at radius 1 is 1.38 bits per heavy atom. The number of thiophene rings is 1. The average molecular weight is 311 g/mol. The van der Waals surface area contributed by atoms with Crippen molar-refractivity contribution in [3.05, 3.63) is 4.88 Å². The zero-order valence-electron chi connectivity index (χ0n) is 13.1. The number of hydrogen-bond donors (Lipinski definition) is 2. The molecule has 1 aliphatic rings. The quantitative estimate of drug-likeness (QED) is 0.877. The number of rotatable bonds is 5. The Hall–Kier alpha value is -1.43. The molecule has 0 atom stereocenters. The van der Waals surface area contributed by atoms with Crippen LogP contribution < -0.4 is 20.7 Å². The lowest BCUT2D eigenvalue weighted by Crippen LogP contribution is -2.29. The standard InChI is InChI=1S/C15H25N3O2S/c1-4-17-14(19)13-11(16)12(20-10(2)3)15(21-13)18-8-6-5-7-9-18/h10H,4-9,16H2,1-3H3,(H,17,19). The maximum Gasteiger partial charge on any atom is 0.263 e. The Morgan fingerprint density at radius 3 is 2.62 bits per heavy atom. The molecule has 6 heteroatoms.